The normalized spacial score (nSPS) is 18.4. The highest BCUT2D eigenvalue weighted by Crippen LogP contribution is 2.52. The standard InChI is InChI=1S/C22H27N2O2S4/c1-23(13-9-5-3-6-10-13)21-27-17-15(25)19-20(16(26)18(17)28-21)30-22(29-19)24(2)14-11-7-4-8-12-14/h13H,3-12H2,1-2H3/q+1/p+2. The zero-order valence-corrected chi connectivity index (χ0v) is 20.8. The number of phenols is 2. The number of aromatic hydroxyl groups is 2. The fourth-order valence-electron chi connectivity index (χ4n) is 4.73. The molecule has 3 aromatic rings. The molecule has 0 atom stereocenters. The van der Waals surface area contributed by atoms with E-state index >= 15 is 0 Å². The number of hydrogen-bond donors (Lipinski definition) is 2. The van der Waals surface area contributed by atoms with E-state index in [-0.39, 0.29) is 0 Å². The molecule has 160 valence electrons. The molecule has 2 aromatic heterocycles. The van der Waals surface area contributed by atoms with E-state index in [1.165, 1.54) is 61.1 Å². The minimum absolute atomic E-state index is 0.344. The van der Waals surface area contributed by atoms with Crippen molar-refractivity contribution in [3.05, 3.63) is 3.98 Å². The quantitative estimate of drug-likeness (QED) is 0.255. The van der Waals surface area contributed by atoms with Crippen molar-refractivity contribution in [2.75, 3.05) is 14.1 Å². The van der Waals surface area contributed by atoms with Crippen molar-refractivity contribution in [1.82, 2.24) is 4.58 Å². The molecule has 2 heterocycles. The molecule has 0 saturated heterocycles. The third-order valence-electron chi connectivity index (χ3n) is 6.62. The molecule has 8 heteroatoms. The van der Waals surface area contributed by atoms with Crippen LogP contribution in [0.1, 0.15) is 64.2 Å². The topological polar surface area (TPSA) is 46.5 Å². The number of hydrogen-bond acceptors (Lipinski definition) is 5. The van der Waals surface area contributed by atoms with E-state index < -0.39 is 0 Å². The largest absolute Gasteiger partial charge is 0.516 e. The lowest BCUT2D eigenvalue weighted by atomic mass is 9.95. The summed E-state index contributed by atoms with van der Waals surface area (Å²) in [5, 5.41) is 22.2. The summed E-state index contributed by atoms with van der Waals surface area (Å²) in [5.41, 5.74) is 1.48. The molecule has 5 rings (SSSR count). The smallest absolute Gasteiger partial charge is 0.503 e. The van der Waals surface area contributed by atoms with Gasteiger partial charge in [-0.2, -0.15) is 0 Å². The Hall–Kier alpha value is -1.09. The Labute approximate surface area is 192 Å². The van der Waals surface area contributed by atoms with Gasteiger partial charge in [0, 0.05) is 25.7 Å². The number of nitrogens with zero attached hydrogens (tertiary/aromatic N) is 2. The molecule has 30 heavy (non-hydrogen) atoms. The molecule has 4 nitrogen and oxygen atoms in total. The minimum Gasteiger partial charge on any atom is -0.503 e. The first-order chi connectivity index (χ1) is 14.5. The van der Waals surface area contributed by atoms with E-state index in [0.29, 0.717) is 17.5 Å². The van der Waals surface area contributed by atoms with Gasteiger partial charge in [-0.1, -0.05) is 35.5 Å². The van der Waals surface area contributed by atoms with Gasteiger partial charge in [0.1, 0.15) is 23.5 Å². The van der Waals surface area contributed by atoms with Gasteiger partial charge in [-0.15, -0.1) is 4.58 Å². The van der Waals surface area contributed by atoms with E-state index in [1.807, 2.05) is 0 Å². The summed E-state index contributed by atoms with van der Waals surface area (Å²) in [5.74, 6) is 0.689. The first-order valence-electron chi connectivity index (χ1n) is 10.9. The Kier molecular flexibility index (Phi) is 5.86. The average molecular weight is 482 g/mol. The third-order valence-corrected chi connectivity index (χ3v) is 12.1. The van der Waals surface area contributed by atoms with Gasteiger partial charge in [0.15, 0.2) is 45.9 Å². The SMILES string of the molecule is C[N+](=C1CCCCC1)c1sc2c(O)c3sc(=[N+](C)C4CCCCC4)sc3c(O)c2[s+]1. The van der Waals surface area contributed by atoms with Gasteiger partial charge in [0.25, 0.3) is 0 Å². The maximum absolute atomic E-state index is 11.1. The van der Waals surface area contributed by atoms with E-state index in [9.17, 15) is 10.2 Å². The van der Waals surface area contributed by atoms with Gasteiger partial charge < -0.3 is 10.2 Å². The summed E-state index contributed by atoms with van der Waals surface area (Å²) in [6, 6.07) is 0.573. The van der Waals surface area contributed by atoms with E-state index in [2.05, 4.69) is 23.2 Å². The molecular weight excluding hydrogens is 453 g/mol. The number of rotatable bonds is 2. The molecule has 0 unspecified atom stereocenters. The zero-order valence-electron chi connectivity index (χ0n) is 17.6. The number of benzene rings is 1. The zero-order chi connectivity index (χ0) is 20.8. The molecule has 2 aliphatic rings. The first kappa shape index (κ1) is 20.8. The van der Waals surface area contributed by atoms with Crippen LogP contribution < -0.4 is 8.56 Å². The van der Waals surface area contributed by atoms with Gasteiger partial charge in [-0.3, -0.25) is 0 Å². The monoisotopic (exact) mass is 481 g/mol. The Morgan fingerprint density at radius 3 is 2.13 bits per heavy atom. The maximum atomic E-state index is 11.1. The first-order valence-corrected chi connectivity index (χ1v) is 14.2. The molecule has 2 saturated carbocycles. The van der Waals surface area contributed by atoms with Gasteiger partial charge in [0.05, 0.1) is 0 Å². The lowest BCUT2D eigenvalue weighted by Crippen LogP contribution is -2.34. The van der Waals surface area contributed by atoms with E-state index in [1.54, 1.807) is 45.3 Å². The summed E-state index contributed by atoms with van der Waals surface area (Å²) in [6.07, 6.45) is 12.6. The van der Waals surface area contributed by atoms with Gasteiger partial charge in [-0.25, -0.2) is 4.58 Å². The second-order valence-corrected chi connectivity index (χ2v) is 13.1. The second kappa shape index (κ2) is 8.45. The van der Waals surface area contributed by atoms with Crippen LogP contribution in [0.2, 0.25) is 0 Å². The van der Waals surface area contributed by atoms with Crippen LogP contribution in [0.3, 0.4) is 0 Å². The third kappa shape index (κ3) is 3.59. The van der Waals surface area contributed by atoms with Crippen LogP contribution in [-0.4, -0.2) is 40.6 Å². The fourth-order valence-corrected chi connectivity index (χ4v) is 10.1. The molecule has 0 spiro atoms. The van der Waals surface area contributed by atoms with E-state index in [0.717, 1.165) is 36.0 Å². The minimum atomic E-state index is 0.344. The summed E-state index contributed by atoms with van der Waals surface area (Å²) in [6.45, 7) is 0. The highest BCUT2D eigenvalue weighted by molar-refractivity contribution is 7.44. The van der Waals surface area contributed by atoms with Crippen LogP contribution in [0.25, 0.3) is 18.8 Å². The van der Waals surface area contributed by atoms with Crippen molar-refractivity contribution in [3.8, 4) is 11.5 Å². The van der Waals surface area contributed by atoms with Crippen molar-refractivity contribution in [2.24, 2.45) is 0 Å². The number of phenolic OH excluding ortho intramolecular Hbond substituents is 2. The second-order valence-electron chi connectivity index (χ2n) is 8.54. The molecule has 1 aromatic carbocycles. The molecule has 0 aliphatic heterocycles. The van der Waals surface area contributed by atoms with Crippen molar-refractivity contribution >= 4 is 74.2 Å². The highest BCUT2D eigenvalue weighted by atomic mass is 32.2. The molecule has 2 N–H and O–H groups in total. The highest BCUT2D eigenvalue weighted by Gasteiger charge is 2.34. The average Bonchev–Trinajstić information content (AvgIpc) is 3.44. The molecule has 2 fully saturated rings. The molecule has 0 radical (unpaired) electrons. The predicted molar refractivity (Wildman–Crippen MR) is 133 cm³/mol. The molecule has 0 bridgehead atoms. The summed E-state index contributed by atoms with van der Waals surface area (Å²) in [4.78, 5) is 0. The van der Waals surface area contributed by atoms with Crippen LogP contribution in [0.4, 0.5) is 4.31 Å². The Bertz CT molecular complexity index is 1140. The van der Waals surface area contributed by atoms with Crippen molar-refractivity contribution in [3.63, 3.8) is 0 Å². The molecule has 0 amide bonds. The van der Waals surface area contributed by atoms with Crippen LogP contribution in [0.15, 0.2) is 0 Å². The molecular formula is C22H29N2O2S4+3. The van der Waals surface area contributed by atoms with Crippen LogP contribution in [-0.2, 0) is 0 Å². The van der Waals surface area contributed by atoms with Crippen LogP contribution in [0, 0.1) is 0 Å². The Balaban J connectivity index is 1.64. The van der Waals surface area contributed by atoms with Gasteiger partial charge in [-0.05, 0) is 25.7 Å². The summed E-state index contributed by atoms with van der Waals surface area (Å²) in [7, 11) is 4.31. The lowest BCUT2D eigenvalue weighted by molar-refractivity contribution is -0.399. The van der Waals surface area contributed by atoms with Gasteiger partial charge in [0.2, 0.25) is 9.40 Å². The van der Waals surface area contributed by atoms with Crippen molar-refractivity contribution in [2.45, 2.75) is 70.3 Å². The van der Waals surface area contributed by atoms with Crippen molar-refractivity contribution < 1.29 is 14.8 Å². The number of fused-ring (bicyclic) bond motifs is 2. The van der Waals surface area contributed by atoms with E-state index in [4.69, 9.17) is 0 Å². The Morgan fingerprint density at radius 2 is 1.43 bits per heavy atom. The molecule has 2 aliphatic carbocycles. The van der Waals surface area contributed by atoms with Crippen LogP contribution in [0.5, 0.6) is 11.5 Å². The summed E-state index contributed by atoms with van der Waals surface area (Å²) >= 11 is 6.48. The van der Waals surface area contributed by atoms with Crippen LogP contribution >= 0.6 is 45.3 Å². The maximum Gasteiger partial charge on any atom is 0.516 e. The fraction of sp³-hybridized carbons (Fsp3) is 0.591. The lowest BCUT2D eigenvalue weighted by Gasteiger charge is -2.17. The summed E-state index contributed by atoms with van der Waals surface area (Å²) < 4.78 is 10.3. The van der Waals surface area contributed by atoms with Gasteiger partial charge >= 0.3 is 8.30 Å². The Morgan fingerprint density at radius 1 is 0.800 bits per heavy atom. The van der Waals surface area contributed by atoms with Crippen molar-refractivity contribution in [1.29, 1.82) is 0 Å². The predicted octanol–water partition coefficient (Wildman–Crippen LogP) is 6.34.